The predicted octanol–water partition coefficient (Wildman–Crippen LogP) is 2.61. The second-order valence-corrected chi connectivity index (χ2v) is 4.59. The third-order valence-electron chi connectivity index (χ3n) is 3.47. The Hall–Kier alpha value is -1.64. The molecule has 1 aliphatic rings. The first-order valence-electron chi connectivity index (χ1n) is 5.98. The van der Waals surface area contributed by atoms with Crippen molar-refractivity contribution >= 4 is 11.8 Å². The lowest BCUT2D eigenvalue weighted by Crippen LogP contribution is -2.13. The first-order chi connectivity index (χ1) is 8.18. The van der Waals surface area contributed by atoms with E-state index in [1.807, 2.05) is 30.3 Å². The van der Waals surface area contributed by atoms with Crippen molar-refractivity contribution in [2.75, 3.05) is 0 Å². The highest BCUT2D eigenvalue weighted by Crippen LogP contribution is 2.39. The molecule has 1 aliphatic carbocycles. The Labute approximate surface area is 100 Å². The van der Waals surface area contributed by atoms with Crippen LogP contribution in [0.3, 0.4) is 0 Å². The van der Waals surface area contributed by atoms with Gasteiger partial charge in [-0.15, -0.1) is 0 Å². The molecule has 0 saturated heterocycles. The van der Waals surface area contributed by atoms with Crippen molar-refractivity contribution in [2.24, 2.45) is 5.92 Å². The molecule has 2 rings (SSSR count). The van der Waals surface area contributed by atoms with Gasteiger partial charge in [0.15, 0.2) is 0 Å². The summed E-state index contributed by atoms with van der Waals surface area (Å²) in [6.45, 7) is 0. The molecule has 17 heavy (non-hydrogen) atoms. The Balaban J connectivity index is 2.12. The zero-order valence-corrected chi connectivity index (χ0v) is 9.63. The highest BCUT2D eigenvalue weighted by molar-refractivity contribution is 5.88. The van der Waals surface area contributed by atoms with Gasteiger partial charge in [0.05, 0.1) is 0 Å². The molecule has 0 radical (unpaired) electrons. The molecule has 0 heterocycles. The number of carboxylic acid groups (broad SMARTS) is 1. The van der Waals surface area contributed by atoms with Gasteiger partial charge in [-0.2, -0.15) is 0 Å². The number of hydrogen-bond donors (Lipinski definition) is 1. The molecule has 2 unspecified atom stereocenters. The van der Waals surface area contributed by atoms with Crippen LogP contribution in [0.25, 0.3) is 0 Å². The number of benzene rings is 1. The topological polar surface area (TPSA) is 54.4 Å². The Morgan fingerprint density at radius 2 is 2.00 bits per heavy atom. The van der Waals surface area contributed by atoms with E-state index in [2.05, 4.69) is 0 Å². The van der Waals surface area contributed by atoms with E-state index in [0.717, 1.165) is 12.0 Å². The Bertz CT molecular complexity index is 411. The van der Waals surface area contributed by atoms with E-state index in [1.54, 1.807) is 0 Å². The van der Waals surface area contributed by atoms with E-state index in [0.29, 0.717) is 12.8 Å². The van der Waals surface area contributed by atoms with E-state index < -0.39 is 5.97 Å². The van der Waals surface area contributed by atoms with Crippen molar-refractivity contribution in [2.45, 2.75) is 31.6 Å². The SMILES string of the molecule is O=C(O)CCC1CCC(=O)C1c1ccccc1. The molecule has 0 amide bonds. The first-order valence-corrected chi connectivity index (χ1v) is 5.98. The fourth-order valence-electron chi connectivity index (χ4n) is 2.65. The highest BCUT2D eigenvalue weighted by atomic mass is 16.4. The van der Waals surface area contributed by atoms with Crippen molar-refractivity contribution in [1.82, 2.24) is 0 Å². The van der Waals surface area contributed by atoms with Crippen molar-refractivity contribution in [3.63, 3.8) is 0 Å². The lowest BCUT2D eigenvalue weighted by molar-refractivity contribution is -0.137. The van der Waals surface area contributed by atoms with Crippen LogP contribution >= 0.6 is 0 Å². The fraction of sp³-hybridized carbons (Fsp3) is 0.429. The summed E-state index contributed by atoms with van der Waals surface area (Å²) in [4.78, 5) is 22.5. The number of hydrogen-bond acceptors (Lipinski definition) is 2. The van der Waals surface area contributed by atoms with Crippen LogP contribution in [0.1, 0.15) is 37.2 Å². The molecular weight excluding hydrogens is 216 g/mol. The van der Waals surface area contributed by atoms with Gasteiger partial charge < -0.3 is 5.11 Å². The van der Waals surface area contributed by atoms with Crippen LogP contribution in [-0.4, -0.2) is 16.9 Å². The van der Waals surface area contributed by atoms with E-state index in [4.69, 9.17) is 5.11 Å². The monoisotopic (exact) mass is 232 g/mol. The first kappa shape index (κ1) is 11.8. The molecule has 0 bridgehead atoms. The molecule has 3 nitrogen and oxygen atoms in total. The number of rotatable bonds is 4. The summed E-state index contributed by atoms with van der Waals surface area (Å²) < 4.78 is 0. The molecule has 3 heteroatoms. The lowest BCUT2D eigenvalue weighted by Gasteiger charge is -2.17. The van der Waals surface area contributed by atoms with E-state index in [9.17, 15) is 9.59 Å². The molecule has 1 aromatic carbocycles. The van der Waals surface area contributed by atoms with Gasteiger partial charge in [-0.1, -0.05) is 30.3 Å². The zero-order valence-electron chi connectivity index (χ0n) is 9.63. The van der Waals surface area contributed by atoms with Gasteiger partial charge >= 0.3 is 5.97 Å². The molecule has 2 atom stereocenters. The third kappa shape index (κ3) is 2.73. The summed E-state index contributed by atoms with van der Waals surface area (Å²) in [7, 11) is 0. The van der Waals surface area contributed by atoms with Crippen LogP contribution in [0.4, 0.5) is 0 Å². The molecule has 1 fully saturated rings. The number of carbonyl (C=O) groups is 2. The molecule has 0 aromatic heterocycles. The van der Waals surface area contributed by atoms with Gasteiger partial charge in [-0.05, 0) is 24.3 Å². The molecule has 0 spiro atoms. The van der Waals surface area contributed by atoms with Gasteiger partial charge in [0.2, 0.25) is 0 Å². The van der Waals surface area contributed by atoms with Gasteiger partial charge in [0, 0.05) is 18.8 Å². The maximum absolute atomic E-state index is 11.9. The molecule has 1 saturated carbocycles. The van der Waals surface area contributed by atoms with Crippen molar-refractivity contribution in [3.05, 3.63) is 35.9 Å². The Morgan fingerprint density at radius 1 is 1.29 bits per heavy atom. The van der Waals surface area contributed by atoms with E-state index in [1.165, 1.54) is 0 Å². The Morgan fingerprint density at radius 3 is 2.65 bits per heavy atom. The summed E-state index contributed by atoms with van der Waals surface area (Å²) in [6, 6.07) is 9.70. The average molecular weight is 232 g/mol. The largest absolute Gasteiger partial charge is 0.481 e. The van der Waals surface area contributed by atoms with Crippen LogP contribution < -0.4 is 0 Å². The number of carbonyl (C=O) groups excluding carboxylic acids is 1. The van der Waals surface area contributed by atoms with E-state index >= 15 is 0 Å². The average Bonchev–Trinajstić information content (AvgIpc) is 2.69. The van der Waals surface area contributed by atoms with Crippen LogP contribution in [0.5, 0.6) is 0 Å². The molecule has 0 aliphatic heterocycles. The minimum absolute atomic E-state index is 0.0875. The lowest BCUT2D eigenvalue weighted by atomic mass is 9.85. The normalized spacial score (nSPS) is 23.9. The maximum Gasteiger partial charge on any atom is 0.303 e. The number of ketones is 1. The second-order valence-electron chi connectivity index (χ2n) is 4.59. The predicted molar refractivity (Wildman–Crippen MR) is 63.8 cm³/mol. The van der Waals surface area contributed by atoms with Gasteiger partial charge in [0.25, 0.3) is 0 Å². The molecule has 1 aromatic rings. The van der Waals surface area contributed by atoms with Gasteiger partial charge in [0.1, 0.15) is 5.78 Å². The minimum atomic E-state index is -0.781. The standard InChI is InChI=1S/C14H16O3/c15-12-8-6-11(7-9-13(16)17)14(12)10-4-2-1-3-5-10/h1-5,11,14H,6-9H2,(H,16,17). The van der Waals surface area contributed by atoms with Crippen LogP contribution in [0.2, 0.25) is 0 Å². The molecular formula is C14H16O3. The van der Waals surface area contributed by atoms with Crippen LogP contribution in [-0.2, 0) is 9.59 Å². The zero-order chi connectivity index (χ0) is 12.3. The minimum Gasteiger partial charge on any atom is -0.481 e. The number of aliphatic carboxylic acids is 1. The van der Waals surface area contributed by atoms with Gasteiger partial charge in [-0.25, -0.2) is 0 Å². The Kier molecular flexibility index (Phi) is 3.57. The van der Waals surface area contributed by atoms with Crippen LogP contribution in [0.15, 0.2) is 30.3 Å². The highest BCUT2D eigenvalue weighted by Gasteiger charge is 2.35. The second kappa shape index (κ2) is 5.13. The molecule has 90 valence electrons. The number of Topliss-reactive ketones (excluding diaryl/α,β-unsaturated/α-hetero) is 1. The van der Waals surface area contributed by atoms with E-state index in [-0.39, 0.29) is 24.0 Å². The fourth-order valence-corrected chi connectivity index (χ4v) is 2.65. The van der Waals surface area contributed by atoms with Crippen molar-refractivity contribution < 1.29 is 14.7 Å². The smallest absolute Gasteiger partial charge is 0.303 e. The molecule has 1 N–H and O–H groups in total. The maximum atomic E-state index is 11.9. The van der Waals surface area contributed by atoms with Gasteiger partial charge in [-0.3, -0.25) is 9.59 Å². The summed E-state index contributed by atoms with van der Waals surface area (Å²) in [5.41, 5.74) is 1.03. The summed E-state index contributed by atoms with van der Waals surface area (Å²) >= 11 is 0. The van der Waals surface area contributed by atoms with Crippen molar-refractivity contribution in [1.29, 1.82) is 0 Å². The number of carboxylic acids is 1. The quantitative estimate of drug-likeness (QED) is 0.868. The summed E-state index contributed by atoms with van der Waals surface area (Å²) in [5.74, 6) is -0.417. The summed E-state index contributed by atoms with van der Waals surface area (Å²) in [5, 5.41) is 8.71. The third-order valence-corrected chi connectivity index (χ3v) is 3.47. The summed E-state index contributed by atoms with van der Waals surface area (Å²) in [6.07, 6.45) is 2.16. The van der Waals surface area contributed by atoms with Crippen molar-refractivity contribution in [3.8, 4) is 0 Å². The van der Waals surface area contributed by atoms with Crippen LogP contribution in [0, 0.1) is 5.92 Å².